The second-order valence-corrected chi connectivity index (χ2v) is 7.77. The first-order valence-corrected chi connectivity index (χ1v) is 11.0. The Bertz CT molecular complexity index is 1090. The van der Waals surface area contributed by atoms with Gasteiger partial charge in [0.25, 0.3) is 0 Å². The first kappa shape index (κ1) is 20.8. The van der Waals surface area contributed by atoms with Gasteiger partial charge in [0, 0.05) is 24.0 Å². The summed E-state index contributed by atoms with van der Waals surface area (Å²) in [6, 6.07) is 9.85. The Hall–Kier alpha value is -3.41. The van der Waals surface area contributed by atoms with Gasteiger partial charge >= 0.3 is 0 Å². The van der Waals surface area contributed by atoms with Gasteiger partial charge in [-0.3, -0.25) is 9.59 Å². The fourth-order valence-electron chi connectivity index (χ4n) is 3.88. The SMILES string of the molecule is CC/C=C\C1=C(Nc2c(C3=CC(=O)CCC3)c(-c3ccccc3)nn2C(=O)CC)CN1. The highest BCUT2D eigenvalue weighted by molar-refractivity contribution is 6.02. The summed E-state index contributed by atoms with van der Waals surface area (Å²) in [5.74, 6) is 0.676. The molecule has 1 aromatic carbocycles. The van der Waals surface area contributed by atoms with E-state index in [0.717, 1.165) is 53.1 Å². The smallest absolute Gasteiger partial charge is 0.248 e. The van der Waals surface area contributed by atoms with E-state index in [2.05, 4.69) is 29.7 Å². The molecule has 31 heavy (non-hydrogen) atoms. The largest absolute Gasteiger partial charge is 0.378 e. The maximum Gasteiger partial charge on any atom is 0.248 e. The van der Waals surface area contributed by atoms with Crippen molar-refractivity contribution >= 4 is 23.1 Å². The molecule has 6 nitrogen and oxygen atoms in total. The standard InChI is InChI=1S/C25H28N4O2/c1-3-5-14-20-21(16-26-20)27-25-23(18-12-9-13-19(30)15-18)24(17-10-7-6-8-11-17)28-29(25)22(31)4-2/h5-8,10-11,14-15,26-27H,3-4,9,12-13,16H2,1-2H3/b14-5-. The zero-order chi connectivity index (χ0) is 21.8. The maximum absolute atomic E-state index is 12.8. The summed E-state index contributed by atoms with van der Waals surface area (Å²) < 4.78 is 1.48. The molecule has 1 aliphatic heterocycles. The lowest BCUT2D eigenvalue weighted by Crippen LogP contribution is -2.34. The molecule has 2 heterocycles. The molecular weight excluding hydrogens is 388 g/mol. The monoisotopic (exact) mass is 416 g/mol. The number of benzene rings is 1. The lowest BCUT2D eigenvalue weighted by atomic mass is 9.91. The normalized spacial score (nSPS) is 16.2. The van der Waals surface area contributed by atoms with E-state index in [9.17, 15) is 9.59 Å². The minimum atomic E-state index is -0.0906. The van der Waals surface area contributed by atoms with Crippen LogP contribution < -0.4 is 10.6 Å². The van der Waals surface area contributed by atoms with Crippen LogP contribution in [0.2, 0.25) is 0 Å². The number of nitrogens with zero attached hydrogens (tertiary/aromatic N) is 2. The lowest BCUT2D eigenvalue weighted by Gasteiger charge is -2.26. The van der Waals surface area contributed by atoms with Crippen LogP contribution in [0.25, 0.3) is 16.8 Å². The predicted octanol–water partition coefficient (Wildman–Crippen LogP) is 4.93. The fraction of sp³-hybridized carbons (Fsp3) is 0.320. The molecule has 0 fully saturated rings. The topological polar surface area (TPSA) is 76.0 Å². The summed E-state index contributed by atoms with van der Waals surface area (Å²) >= 11 is 0. The van der Waals surface area contributed by atoms with Gasteiger partial charge in [-0.05, 0) is 37.0 Å². The number of carbonyl (C=O) groups excluding carboxylic acids is 2. The molecule has 4 rings (SSSR count). The van der Waals surface area contributed by atoms with E-state index in [4.69, 9.17) is 5.10 Å². The summed E-state index contributed by atoms with van der Waals surface area (Å²) in [7, 11) is 0. The molecule has 0 saturated heterocycles. The highest BCUT2D eigenvalue weighted by Gasteiger charge is 2.28. The van der Waals surface area contributed by atoms with Gasteiger partial charge in [-0.1, -0.05) is 50.3 Å². The van der Waals surface area contributed by atoms with Gasteiger partial charge in [-0.2, -0.15) is 9.78 Å². The van der Waals surface area contributed by atoms with Crippen LogP contribution in [0.1, 0.15) is 56.3 Å². The second-order valence-electron chi connectivity index (χ2n) is 7.77. The molecule has 0 saturated carbocycles. The quantitative estimate of drug-likeness (QED) is 0.669. The number of nitrogens with one attached hydrogen (secondary N) is 2. The van der Waals surface area contributed by atoms with Crippen LogP contribution in [-0.2, 0) is 4.79 Å². The molecule has 1 aromatic heterocycles. The van der Waals surface area contributed by atoms with Crippen molar-refractivity contribution in [3.05, 3.63) is 65.5 Å². The molecule has 0 bridgehead atoms. The molecule has 160 valence electrons. The predicted molar refractivity (Wildman–Crippen MR) is 123 cm³/mol. The third-order valence-electron chi connectivity index (χ3n) is 5.57. The minimum absolute atomic E-state index is 0.0906. The number of aromatic nitrogens is 2. The van der Waals surface area contributed by atoms with Crippen molar-refractivity contribution in [1.29, 1.82) is 0 Å². The van der Waals surface area contributed by atoms with Crippen molar-refractivity contribution in [1.82, 2.24) is 15.1 Å². The Kier molecular flexibility index (Phi) is 6.16. The minimum Gasteiger partial charge on any atom is -0.378 e. The number of carbonyl (C=O) groups is 2. The molecule has 0 spiro atoms. The van der Waals surface area contributed by atoms with E-state index in [1.54, 1.807) is 6.08 Å². The summed E-state index contributed by atoms with van der Waals surface area (Å²) in [4.78, 5) is 25.1. The van der Waals surface area contributed by atoms with Crippen molar-refractivity contribution in [2.45, 2.75) is 46.0 Å². The van der Waals surface area contributed by atoms with E-state index >= 15 is 0 Å². The van der Waals surface area contributed by atoms with Crippen molar-refractivity contribution in [2.24, 2.45) is 0 Å². The van der Waals surface area contributed by atoms with Gasteiger partial charge < -0.3 is 10.6 Å². The number of ketones is 1. The second kappa shape index (κ2) is 9.16. The van der Waals surface area contributed by atoms with Gasteiger partial charge in [0.15, 0.2) is 5.78 Å². The Morgan fingerprint density at radius 3 is 2.68 bits per heavy atom. The van der Waals surface area contributed by atoms with Crippen molar-refractivity contribution in [3.63, 3.8) is 0 Å². The van der Waals surface area contributed by atoms with Crippen molar-refractivity contribution in [2.75, 3.05) is 11.9 Å². The maximum atomic E-state index is 12.8. The molecule has 0 radical (unpaired) electrons. The number of rotatable bonds is 7. The molecule has 6 heteroatoms. The molecular formula is C25H28N4O2. The lowest BCUT2D eigenvalue weighted by molar-refractivity contribution is -0.114. The van der Waals surface area contributed by atoms with Gasteiger partial charge in [0.1, 0.15) is 11.5 Å². The molecule has 2 aliphatic rings. The van der Waals surface area contributed by atoms with E-state index in [-0.39, 0.29) is 11.7 Å². The van der Waals surface area contributed by atoms with Gasteiger partial charge in [-0.15, -0.1) is 0 Å². The van der Waals surface area contributed by atoms with Crippen LogP contribution >= 0.6 is 0 Å². The van der Waals surface area contributed by atoms with Crippen LogP contribution in [0.15, 0.2) is 60.0 Å². The Balaban J connectivity index is 1.90. The summed E-state index contributed by atoms with van der Waals surface area (Å²) in [5.41, 5.74) is 5.46. The molecule has 1 aliphatic carbocycles. The molecule has 2 aromatic rings. The molecule has 2 N–H and O–H groups in total. The van der Waals surface area contributed by atoms with Crippen molar-refractivity contribution in [3.8, 4) is 11.3 Å². The van der Waals surface area contributed by atoms with Crippen LogP contribution in [-0.4, -0.2) is 28.0 Å². The highest BCUT2D eigenvalue weighted by Crippen LogP contribution is 2.39. The molecule has 0 amide bonds. The Morgan fingerprint density at radius 1 is 1.23 bits per heavy atom. The van der Waals surface area contributed by atoms with E-state index in [0.29, 0.717) is 25.2 Å². The van der Waals surface area contributed by atoms with Gasteiger partial charge in [-0.25, -0.2) is 0 Å². The number of hydrogen-bond acceptors (Lipinski definition) is 5. The molecule has 0 unspecified atom stereocenters. The average molecular weight is 417 g/mol. The van der Waals surface area contributed by atoms with Crippen LogP contribution in [0.4, 0.5) is 5.82 Å². The highest BCUT2D eigenvalue weighted by atomic mass is 16.2. The van der Waals surface area contributed by atoms with Crippen LogP contribution in [0.3, 0.4) is 0 Å². The number of anilines is 1. The Morgan fingerprint density at radius 2 is 2.03 bits per heavy atom. The average Bonchev–Trinajstić information content (AvgIpc) is 3.16. The fourth-order valence-corrected chi connectivity index (χ4v) is 3.88. The van der Waals surface area contributed by atoms with Gasteiger partial charge in [0.2, 0.25) is 5.91 Å². The number of hydrogen-bond donors (Lipinski definition) is 2. The van der Waals surface area contributed by atoms with Gasteiger partial charge in [0.05, 0.1) is 17.9 Å². The van der Waals surface area contributed by atoms with E-state index < -0.39 is 0 Å². The zero-order valence-electron chi connectivity index (χ0n) is 18.1. The van der Waals surface area contributed by atoms with E-state index in [1.165, 1.54) is 4.68 Å². The third kappa shape index (κ3) is 4.24. The summed E-state index contributed by atoms with van der Waals surface area (Å²) in [6.45, 7) is 4.61. The van der Waals surface area contributed by atoms with Crippen molar-refractivity contribution < 1.29 is 9.59 Å². The first-order chi connectivity index (χ1) is 15.1. The number of allylic oxidation sites excluding steroid dienone is 4. The third-order valence-corrected chi connectivity index (χ3v) is 5.57. The van der Waals surface area contributed by atoms with Crippen LogP contribution in [0.5, 0.6) is 0 Å². The first-order valence-electron chi connectivity index (χ1n) is 11.0. The van der Waals surface area contributed by atoms with Crippen LogP contribution in [0, 0.1) is 0 Å². The molecule has 0 atom stereocenters. The van der Waals surface area contributed by atoms with E-state index in [1.807, 2.05) is 37.3 Å². The zero-order valence-corrected chi connectivity index (χ0v) is 18.1. The Labute approximate surface area is 182 Å². The summed E-state index contributed by atoms with van der Waals surface area (Å²) in [5, 5.41) is 11.5. The summed E-state index contributed by atoms with van der Waals surface area (Å²) in [6.07, 6.45) is 9.31.